The number of carbonyl (C=O) groups excluding carboxylic acids is 1. The van der Waals surface area contributed by atoms with E-state index < -0.39 is 0 Å². The molecule has 1 amide bonds. The SMILES string of the molecule is CCN(C=O)C(CC)(CC)CC. The van der Waals surface area contributed by atoms with Gasteiger partial charge in [-0.1, -0.05) is 20.8 Å². The monoisotopic (exact) mass is 171 g/mol. The van der Waals surface area contributed by atoms with Gasteiger partial charge < -0.3 is 4.90 Å². The fourth-order valence-electron chi connectivity index (χ4n) is 1.88. The van der Waals surface area contributed by atoms with E-state index >= 15 is 0 Å². The predicted molar refractivity (Wildman–Crippen MR) is 52.0 cm³/mol. The molecule has 72 valence electrons. The molecule has 0 aromatic heterocycles. The lowest BCUT2D eigenvalue weighted by Crippen LogP contribution is -2.46. The zero-order chi connectivity index (χ0) is 9.61. The summed E-state index contributed by atoms with van der Waals surface area (Å²) >= 11 is 0. The number of nitrogens with zero attached hydrogens (tertiary/aromatic N) is 1. The summed E-state index contributed by atoms with van der Waals surface area (Å²) in [5.74, 6) is 0. The van der Waals surface area contributed by atoms with Gasteiger partial charge in [0.2, 0.25) is 6.41 Å². The molecule has 0 rings (SSSR count). The topological polar surface area (TPSA) is 20.3 Å². The Balaban J connectivity index is 4.53. The van der Waals surface area contributed by atoms with Gasteiger partial charge in [-0.3, -0.25) is 4.79 Å². The largest absolute Gasteiger partial charge is 0.340 e. The van der Waals surface area contributed by atoms with E-state index in [4.69, 9.17) is 0 Å². The molecule has 0 N–H and O–H groups in total. The van der Waals surface area contributed by atoms with Crippen LogP contribution in [0.1, 0.15) is 47.0 Å². The van der Waals surface area contributed by atoms with Crippen LogP contribution >= 0.6 is 0 Å². The Kier molecular flexibility index (Phi) is 4.95. The molecule has 0 unspecified atom stereocenters. The molecule has 0 aliphatic heterocycles. The van der Waals surface area contributed by atoms with E-state index in [1.165, 1.54) is 0 Å². The minimum Gasteiger partial charge on any atom is -0.340 e. The van der Waals surface area contributed by atoms with Crippen molar-refractivity contribution in [2.24, 2.45) is 0 Å². The predicted octanol–water partition coefficient (Wildman–Crippen LogP) is 2.43. The van der Waals surface area contributed by atoms with Crippen molar-refractivity contribution in [3.63, 3.8) is 0 Å². The molecule has 0 saturated carbocycles. The summed E-state index contributed by atoms with van der Waals surface area (Å²) in [7, 11) is 0. The molecule has 0 aromatic rings. The van der Waals surface area contributed by atoms with E-state index in [0.29, 0.717) is 0 Å². The van der Waals surface area contributed by atoms with Crippen LogP contribution in [0.15, 0.2) is 0 Å². The van der Waals surface area contributed by atoms with Crippen LogP contribution in [0.5, 0.6) is 0 Å². The van der Waals surface area contributed by atoms with E-state index in [-0.39, 0.29) is 5.54 Å². The maximum atomic E-state index is 10.8. The first-order valence-corrected chi connectivity index (χ1v) is 4.92. The molecule has 0 spiro atoms. The average Bonchev–Trinajstić information content (AvgIpc) is 2.14. The molecule has 0 fully saturated rings. The lowest BCUT2D eigenvalue weighted by Gasteiger charge is -2.39. The molecule has 0 atom stereocenters. The minimum atomic E-state index is 0.108. The van der Waals surface area contributed by atoms with Crippen molar-refractivity contribution in [1.29, 1.82) is 0 Å². The molecular weight excluding hydrogens is 150 g/mol. The Morgan fingerprint density at radius 1 is 1.08 bits per heavy atom. The van der Waals surface area contributed by atoms with Gasteiger partial charge in [0.05, 0.1) is 0 Å². The highest BCUT2D eigenvalue weighted by Gasteiger charge is 2.29. The van der Waals surface area contributed by atoms with Crippen LogP contribution < -0.4 is 0 Å². The number of hydrogen-bond donors (Lipinski definition) is 0. The van der Waals surface area contributed by atoms with Crippen molar-refractivity contribution in [2.45, 2.75) is 52.5 Å². The molecule has 0 aliphatic carbocycles. The van der Waals surface area contributed by atoms with Gasteiger partial charge in [0.15, 0.2) is 0 Å². The highest BCUT2D eigenvalue weighted by atomic mass is 16.1. The summed E-state index contributed by atoms with van der Waals surface area (Å²) in [5, 5.41) is 0. The number of hydrogen-bond acceptors (Lipinski definition) is 1. The van der Waals surface area contributed by atoms with Crippen LogP contribution in [0.3, 0.4) is 0 Å². The minimum absolute atomic E-state index is 0.108. The van der Waals surface area contributed by atoms with Crippen molar-refractivity contribution in [3.05, 3.63) is 0 Å². The van der Waals surface area contributed by atoms with Crippen LogP contribution in [0, 0.1) is 0 Å². The Labute approximate surface area is 75.9 Å². The molecule has 0 saturated heterocycles. The fourth-order valence-corrected chi connectivity index (χ4v) is 1.88. The van der Waals surface area contributed by atoms with Gasteiger partial charge >= 0.3 is 0 Å². The number of amides is 1. The van der Waals surface area contributed by atoms with Crippen molar-refractivity contribution < 1.29 is 4.79 Å². The Bertz CT molecular complexity index is 122. The maximum Gasteiger partial charge on any atom is 0.210 e. The highest BCUT2D eigenvalue weighted by molar-refractivity contribution is 5.48. The maximum absolute atomic E-state index is 10.8. The molecular formula is C10H21NO. The van der Waals surface area contributed by atoms with E-state index in [1.807, 2.05) is 11.8 Å². The second-order valence-electron chi connectivity index (χ2n) is 3.18. The van der Waals surface area contributed by atoms with Crippen LogP contribution in [0.2, 0.25) is 0 Å². The third-order valence-corrected chi connectivity index (χ3v) is 3.05. The van der Waals surface area contributed by atoms with Crippen LogP contribution in [-0.4, -0.2) is 23.4 Å². The zero-order valence-corrected chi connectivity index (χ0v) is 8.76. The van der Waals surface area contributed by atoms with Crippen molar-refractivity contribution in [1.82, 2.24) is 4.90 Å². The van der Waals surface area contributed by atoms with Crippen LogP contribution in [-0.2, 0) is 4.79 Å². The fraction of sp³-hybridized carbons (Fsp3) is 0.900. The second-order valence-corrected chi connectivity index (χ2v) is 3.18. The molecule has 2 nitrogen and oxygen atoms in total. The Morgan fingerprint density at radius 3 is 1.58 bits per heavy atom. The van der Waals surface area contributed by atoms with E-state index in [1.54, 1.807) is 0 Å². The standard InChI is InChI=1S/C10H21NO/c1-5-10(6-2,7-3)11(8-4)9-12/h9H,5-8H2,1-4H3. The number of carbonyl (C=O) groups is 1. The van der Waals surface area contributed by atoms with Gasteiger partial charge in [0.1, 0.15) is 0 Å². The quantitative estimate of drug-likeness (QED) is 0.562. The summed E-state index contributed by atoms with van der Waals surface area (Å²) in [6.07, 6.45) is 4.13. The lowest BCUT2D eigenvalue weighted by atomic mass is 9.88. The summed E-state index contributed by atoms with van der Waals surface area (Å²) in [4.78, 5) is 12.7. The molecule has 2 heteroatoms. The summed E-state index contributed by atoms with van der Waals surface area (Å²) < 4.78 is 0. The van der Waals surface area contributed by atoms with Gasteiger partial charge in [-0.2, -0.15) is 0 Å². The third kappa shape index (κ3) is 1.99. The molecule has 0 aromatic carbocycles. The smallest absolute Gasteiger partial charge is 0.210 e. The first-order chi connectivity index (χ1) is 5.70. The van der Waals surface area contributed by atoms with Gasteiger partial charge in [-0.15, -0.1) is 0 Å². The van der Waals surface area contributed by atoms with E-state index in [2.05, 4.69) is 20.8 Å². The lowest BCUT2D eigenvalue weighted by molar-refractivity contribution is -0.124. The molecule has 0 radical (unpaired) electrons. The summed E-state index contributed by atoms with van der Waals surface area (Å²) in [6.45, 7) is 9.31. The van der Waals surface area contributed by atoms with Gasteiger partial charge in [-0.25, -0.2) is 0 Å². The van der Waals surface area contributed by atoms with E-state index in [9.17, 15) is 4.79 Å². The Morgan fingerprint density at radius 2 is 1.50 bits per heavy atom. The van der Waals surface area contributed by atoms with Crippen molar-refractivity contribution in [2.75, 3.05) is 6.54 Å². The number of rotatable bonds is 6. The molecule has 12 heavy (non-hydrogen) atoms. The second kappa shape index (κ2) is 5.18. The van der Waals surface area contributed by atoms with Gasteiger partial charge in [0, 0.05) is 12.1 Å². The van der Waals surface area contributed by atoms with Crippen molar-refractivity contribution in [3.8, 4) is 0 Å². The third-order valence-electron chi connectivity index (χ3n) is 3.05. The van der Waals surface area contributed by atoms with Crippen LogP contribution in [0.25, 0.3) is 0 Å². The average molecular weight is 171 g/mol. The normalized spacial score (nSPS) is 11.3. The molecule has 0 aliphatic rings. The van der Waals surface area contributed by atoms with Gasteiger partial charge in [-0.05, 0) is 26.2 Å². The van der Waals surface area contributed by atoms with Crippen molar-refractivity contribution >= 4 is 6.41 Å². The zero-order valence-electron chi connectivity index (χ0n) is 8.76. The van der Waals surface area contributed by atoms with Gasteiger partial charge in [0.25, 0.3) is 0 Å². The van der Waals surface area contributed by atoms with E-state index in [0.717, 1.165) is 32.2 Å². The Hall–Kier alpha value is -0.530. The first kappa shape index (κ1) is 11.5. The molecule has 0 heterocycles. The first-order valence-electron chi connectivity index (χ1n) is 4.92. The molecule has 0 bridgehead atoms. The summed E-state index contributed by atoms with van der Waals surface area (Å²) in [6, 6.07) is 0. The summed E-state index contributed by atoms with van der Waals surface area (Å²) in [5.41, 5.74) is 0.108. The highest BCUT2D eigenvalue weighted by Crippen LogP contribution is 2.25. The van der Waals surface area contributed by atoms with Crippen LogP contribution in [0.4, 0.5) is 0 Å².